The first-order chi connectivity index (χ1) is 6.75. The number of fused-ring (bicyclic) bond motifs is 1. The number of nitrogens with zero attached hydrogens (tertiary/aromatic N) is 3. The Bertz CT molecular complexity index is 485. The molecule has 0 radical (unpaired) electrons. The number of hydrazine groups is 1. The first kappa shape index (κ1) is 8.36. The van der Waals surface area contributed by atoms with E-state index in [1.54, 1.807) is 24.4 Å². The van der Waals surface area contributed by atoms with Crippen LogP contribution in [0.25, 0.3) is 11.0 Å². The van der Waals surface area contributed by atoms with Gasteiger partial charge in [0, 0.05) is 12.4 Å². The standard InChI is InChI=1S/C8H6N4O2/c13-12(14)11-6-1-2-7-8(5-6)10-4-3-9-7/h1-5,11H. The predicted octanol–water partition coefficient (Wildman–Crippen LogP) is 1.23. The highest BCUT2D eigenvalue weighted by Crippen LogP contribution is 2.14. The van der Waals surface area contributed by atoms with Crippen LogP contribution >= 0.6 is 0 Å². The number of hydrogen-bond acceptors (Lipinski definition) is 4. The van der Waals surface area contributed by atoms with Crippen LogP contribution < -0.4 is 5.43 Å². The van der Waals surface area contributed by atoms with E-state index in [2.05, 4.69) is 15.4 Å². The second-order valence-electron chi connectivity index (χ2n) is 2.63. The molecule has 0 unspecified atom stereocenters. The summed E-state index contributed by atoms with van der Waals surface area (Å²) in [4.78, 5) is 18.2. The monoisotopic (exact) mass is 190 g/mol. The molecule has 6 heteroatoms. The van der Waals surface area contributed by atoms with Crippen molar-refractivity contribution in [3.63, 3.8) is 0 Å². The van der Waals surface area contributed by atoms with E-state index in [9.17, 15) is 10.1 Å². The number of nitrogens with one attached hydrogen (secondary N) is 1. The lowest BCUT2D eigenvalue weighted by atomic mass is 10.3. The maximum Gasteiger partial charge on any atom is 0.162 e. The van der Waals surface area contributed by atoms with Gasteiger partial charge in [-0.1, -0.05) is 0 Å². The minimum atomic E-state index is -0.614. The smallest absolute Gasteiger partial charge is 0.162 e. The summed E-state index contributed by atoms with van der Waals surface area (Å²) >= 11 is 0. The van der Waals surface area contributed by atoms with Gasteiger partial charge in [-0.15, -0.1) is 5.43 Å². The van der Waals surface area contributed by atoms with Crippen LogP contribution in [0.3, 0.4) is 0 Å². The van der Waals surface area contributed by atoms with Crippen molar-refractivity contribution in [3.05, 3.63) is 40.7 Å². The molecule has 0 saturated carbocycles. The predicted molar refractivity (Wildman–Crippen MR) is 50.2 cm³/mol. The summed E-state index contributed by atoms with van der Waals surface area (Å²) in [5.74, 6) is 0. The van der Waals surface area contributed by atoms with Crippen LogP contribution in [-0.4, -0.2) is 15.0 Å². The number of nitro groups is 1. The van der Waals surface area contributed by atoms with Crippen LogP contribution in [0.1, 0.15) is 0 Å². The fourth-order valence-electron chi connectivity index (χ4n) is 1.14. The lowest BCUT2D eigenvalue weighted by Crippen LogP contribution is -2.07. The minimum Gasteiger partial charge on any atom is -0.253 e. The molecule has 0 saturated heterocycles. The van der Waals surface area contributed by atoms with Gasteiger partial charge in [0.25, 0.3) is 0 Å². The molecule has 0 aliphatic carbocycles. The number of aromatic nitrogens is 2. The van der Waals surface area contributed by atoms with E-state index in [-0.39, 0.29) is 0 Å². The molecule has 0 fully saturated rings. The third-order valence-corrected chi connectivity index (χ3v) is 1.69. The van der Waals surface area contributed by atoms with E-state index in [4.69, 9.17) is 0 Å². The van der Waals surface area contributed by atoms with E-state index in [1.165, 1.54) is 6.20 Å². The third kappa shape index (κ3) is 1.58. The van der Waals surface area contributed by atoms with Gasteiger partial charge in [0.1, 0.15) is 5.69 Å². The largest absolute Gasteiger partial charge is 0.253 e. The highest BCUT2D eigenvalue weighted by Gasteiger charge is 2.01. The number of hydrogen-bond donors (Lipinski definition) is 1. The fourth-order valence-corrected chi connectivity index (χ4v) is 1.14. The lowest BCUT2D eigenvalue weighted by Gasteiger charge is -1.98. The van der Waals surface area contributed by atoms with Gasteiger partial charge in [-0.3, -0.25) is 9.97 Å². The zero-order chi connectivity index (χ0) is 9.97. The average Bonchev–Trinajstić information content (AvgIpc) is 2.17. The van der Waals surface area contributed by atoms with Crippen molar-refractivity contribution < 1.29 is 5.03 Å². The molecule has 14 heavy (non-hydrogen) atoms. The van der Waals surface area contributed by atoms with Crippen molar-refractivity contribution in [3.8, 4) is 0 Å². The number of anilines is 1. The van der Waals surface area contributed by atoms with Gasteiger partial charge in [-0.25, -0.2) is 10.1 Å². The lowest BCUT2D eigenvalue weighted by molar-refractivity contribution is -0.445. The molecule has 2 rings (SSSR count). The van der Waals surface area contributed by atoms with Crippen molar-refractivity contribution in [1.29, 1.82) is 0 Å². The van der Waals surface area contributed by atoms with Crippen molar-refractivity contribution in [1.82, 2.24) is 9.97 Å². The molecular weight excluding hydrogens is 184 g/mol. The Labute approximate surface area is 78.7 Å². The molecule has 1 aromatic heterocycles. The Kier molecular flexibility index (Phi) is 1.94. The zero-order valence-electron chi connectivity index (χ0n) is 7.04. The Balaban J connectivity index is 2.46. The summed E-state index contributed by atoms with van der Waals surface area (Å²) in [5.41, 5.74) is 3.78. The molecule has 0 atom stereocenters. The highest BCUT2D eigenvalue weighted by molar-refractivity contribution is 5.77. The van der Waals surface area contributed by atoms with Crippen molar-refractivity contribution >= 4 is 16.7 Å². The second kappa shape index (κ2) is 3.25. The Hall–Kier alpha value is -2.24. The fraction of sp³-hybridized carbons (Fsp3) is 0. The van der Waals surface area contributed by atoms with Crippen LogP contribution in [0.5, 0.6) is 0 Å². The van der Waals surface area contributed by atoms with E-state index in [0.29, 0.717) is 16.7 Å². The van der Waals surface area contributed by atoms with E-state index in [0.717, 1.165) is 0 Å². The molecule has 0 aliphatic rings. The molecule has 2 aromatic rings. The molecule has 1 heterocycles. The summed E-state index contributed by atoms with van der Waals surface area (Å²) in [6.07, 6.45) is 3.11. The van der Waals surface area contributed by atoms with E-state index >= 15 is 0 Å². The van der Waals surface area contributed by atoms with Crippen molar-refractivity contribution in [2.24, 2.45) is 0 Å². The molecular formula is C8H6N4O2. The van der Waals surface area contributed by atoms with Crippen LogP contribution in [0.2, 0.25) is 0 Å². The first-order valence-electron chi connectivity index (χ1n) is 3.87. The Morgan fingerprint density at radius 3 is 2.64 bits per heavy atom. The minimum absolute atomic E-state index is 0.392. The molecule has 6 nitrogen and oxygen atoms in total. The molecule has 1 aromatic carbocycles. The van der Waals surface area contributed by atoms with Crippen LogP contribution in [0, 0.1) is 10.1 Å². The van der Waals surface area contributed by atoms with Gasteiger partial charge in [0.15, 0.2) is 5.03 Å². The average molecular weight is 190 g/mol. The Morgan fingerprint density at radius 2 is 1.93 bits per heavy atom. The van der Waals surface area contributed by atoms with Gasteiger partial charge in [0.2, 0.25) is 0 Å². The second-order valence-corrected chi connectivity index (χ2v) is 2.63. The molecule has 0 spiro atoms. The molecule has 70 valence electrons. The number of rotatable bonds is 2. The van der Waals surface area contributed by atoms with Crippen molar-refractivity contribution in [2.75, 3.05) is 5.43 Å². The SMILES string of the molecule is O=[N+]([O-])Nc1ccc2nccnc2c1. The normalized spacial score (nSPS) is 10.0. The summed E-state index contributed by atoms with van der Waals surface area (Å²) in [7, 11) is 0. The maximum atomic E-state index is 10.2. The van der Waals surface area contributed by atoms with Gasteiger partial charge in [-0.05, 0) is 18.2 Å². The van der Waals surface area contributed by atoms with Crippen LogP contribution in [0.4, 0.5) is 5.69 Å². The zero-order valence-corrected chi connectivity index (χ0v) is 7.04. The topological polar surface area (TPSA) is 81.0 Å². The van der Waals surface area contributed by atoms with Crippen molar-refractivity contribution in [2.45, 2.75) is 0 Å². The highest BCUT2D eigenvalue weighted by atomic mass is 16.7. The third-order valence-electron chi connectivity index (χ3n) is 1.69. The van der Waals surface area contributed by atoms with Gasteiger partial charge in [0.05, 0.1) is 11.0 Å². The first-order valence-corrected chi connectivity index (χ1v) is 3.87. The quantitative estimate of drug-likeness (QED) is 0.569. The summed E-state index contributed by atoms with van der Waals surface area (Å²) in [6, 6.07) is 4.83. The van der Waals surface area contributed by atoms with E-state index in [1.807, 2.05) is 0 Å². The van der Waals surface area contributed by atoms with Gasteiger partial charge in [-0.2, -0.15) is 0 Å². The Morgan fingerprint density at radius 1 is 1.21 bits per heavy atom. The van der Waals surface area contributed by atoms with E-state index < -0.39 is 5.03 Å². The number of benzene rings is 1. The molecule has 0 amide bonds. The van der Waals surface area contributed by atoms with Gasteiger partial charge < -0.3 is 0 Å². The molecule has 0 bridgehead atoms. The van der Waals surface area contributed by atoms with Gasteiger partial charge >= 0.3 is 0 Å². The van der Waals surface area contributed by atoms with Crippen LogP contribution in [-0.2, 0) is 0 Å². The maximum absolute atomic E-state index is 10.2. The molecule has 1 N–H and O–H groups in total. The summed E-state index contributed by atoms with van der Waals surface area (Å²) in [5, 5.41) is 9.55. The van der Waals surface area contributed by atoms with Crippen LogP contribution in [0.15, 0.2) is 30.6 Å². The summed E-state index contributed by atoms with van der Waals surface area (Å²) in [6.45, 7) is 0. The molecule has 0 aliphatic heterocycles. The summed E-state index contributed by atoms with van der Waals surface area (Å²) < 4.78 is 0.